The number of hydrogen-bond donors (Lipinski definition) is 2. The number of rotatable bonds is 3. The third kappa shape index (κ3) is 2.42. The molecule has 0 radical (unpaired) electrons. The Bertz CT molecular complexity index is 350. The summed E-state index contributed by atoms with van der Waals surface area (Å²) in [4.78, 5) is 18.3. The monoisotopic (exact) mass is 196 g/mol. The molecule has 0 saturated heterocycles. The maximum atomic E-state index is 10.4. The van der Waals surface area contributed by atoms with E-state index in [1.807, 2.05) is 13.8 Å². The Labute approximate surface area is 81.4 Å². The summed E-state index contributed by atoms with van der Waals surface area (Å²) in [5.41, 5.74) is 0.163. The molecule has 5 heteroatoms. The van der Waals surface area contributed by atoms with Crippen LogP contribution in [0, 0.1) is 0 Å². The molecule has 0 atom stereocenters. The molecule has 1 heterocycles. The maximum absolute atomic E-state index is 10.4. The van der Waals surface area contributed by atoms with Gasteiger partial charge in [-0.25, -0.2) is 9.97 Å². The molecule has 76 valence electrons. The third-order valence-electron chi connectivity index (χ3n) is 1.70. The number of carboxylic acids is 1. The van der Waals surface area contributed by atoms with Crippen molar-refractivity contribution in [2.45, 2.75) is 26.2 Å². The molecule has 0 saturated carbocycles. The van der Waals surface area contributed by atoms with Crippen molar-refractivity contribution in [2.75, 3.05) is 0 Å². The summed E-state index contributed by atoms with van der Waals surface area (Å²) in [5, 5.41) is 17.8. The van der Waals surface area contributed by atoms with E-state index in [1.165, 1.54) is 6.20 Å². The summed E-state index contributed by atoms with van der Waals surface area (Å²) in [6.45, 7) is 3.80. The molecule has 1 aromatic heterocycles. The summed E-state index contributed by atoms with van der Waals surface area (Å²) in [6.07, 6.45) is 0.953. The minimum Gasteiger partial charge on any atom is -0.504 e. The van der Waals surface area contributed by atoms with Crippen LogP contribution in [0.5, 0.6) is 5.75 Å². The first kappa shape index (κ1) is 10.4. The second-order valence-electron chi connectivity index (χ2n) is 3.29. The zero-order chi connectivity index (χ0) is 10.7. The van der Waals surface area contributed by atoms with Crippen molar-refractivity contribution in [2.24, 2.45) is 0 Å². The van der Waals surface area contributed by atoms with Gasteiger partial charge in [0.2, 0.25) is 0 Å². The molecule has 0 aromatic carbocycles. The Morgan fingerprint density at radius 3 is 2.71 bits per heavy atom. The van der Waals surface area contributed by atoms with Gasteiger partial charge in [0, 0.05) is 5.92 Å². The standard InChI is InChI=1S/C9H12N2O3/c1-5(2)9-10-4-7(12)6(11-9)3-8(13)14/h4-5,12H,3H2,1-2H3,(H,13,14). The molecule has 14 heavy (non-hydrogen) atoms. The van der Waals surface area contributed by atoms with E-state index in [1.54, 1.807) is 0 Å². The number of nitrogens with zero attached hydrogens (tertiary/aromatic N) is 2. The third-order valence-corrected chi connectivity index (χ3v) is 1.70. The predicted molar refractivity (Wildman–Crippen MR) is 49.1 cm³/mol. The van der Waals surface area contributed by atoms with E-state index in [0.29, 0.717) is 5.82 Å². The summed E-state index contributed by atoms with van der Waals surface area (Å²) in [7, 11) is 0. The molecular formula is C9H12N2O3. The van der Waals surface area contributed by atoms with Gasteiger partial charge in [-0.15, -0.1) is 0 Å². The van der Waals surface area contributed by atoms with Crippen LogP contribution >= 0.6 is 0 Å². The number of aromatic nitrogens is 2. The topological polar surface area (TPSA) is 83.3 Å². The number of carboxylic acid groups (broad SMARTS) is 1. The van der Waals surface area contributed by atoms with Crippen molar-refractivity contribution < 1.29 is 15.0 Å². The molecule has 0 bridgehead atoms. The van der Waals surface area contributed by atoms with E-state index in [-0.39, 0.29) is 23.8 Å². The largest absolute Gasteiger partial charge is 0.504 e. The molecular weight excluding hydrogens is 184 g/mol. The molecule has 0 amide bonds. The molecule has 1 rings (SSSR count). The molecule has 0 aliphatic heterocycles. The van der Waals surface area contributed by atoms with E-state index in [9.17, 15) is 9.90 Å². The van der Waals surface area contributed by atoms with Crippen LogP contribution in [0.4, 0.5) is 0 Å². The van der Waals surface area contributed by atoms with Gasteiger partial charge in [0.25, 0.3) is 0 Å². The van der Waals surface area contributed by atoms with Crippen molar-refractivity contribution in [3.63, 3.8) is 0 Å². The second kappa shape index (κ2) is 4.04. The lowest BCUT2D eigenvalue weighted by atomic mass is 10.2. The lowest BCUT2D eigenvalue weighted by Gasteiger charge is -2.06. The van der Waals surface area contributed by atoms with Crippen molar-refractivity contribution in [3.05, 3.63) is 17.7 Å². The quantitative estimate of drug-likeness (QED) is 0.751. The molecule has 0 aliphatic carbocycles. The Hall–Kier alpha value is -1.65. The van der Waals surface area contributed by atoms with Crippen LogP contribution in [0.25, 0.3) is 0 Å². The average molecular weight is 196 g/mol. The van der Waals surface area contributed by atoms with Gasteiger partial charge in [-0.2, -0.15) is 0 Å². The average Bonchev–Trinajstić information content (AvgIpc) is 2.07. The summed E-state index contributed by atoms with van der Waals surface area (Å²) < 4.78 is 0. The molecule has 0 spiro atoms. The highest BCUT2D eigenvalue weighted by Gasteiger charge is 2.11. The van der Waals surface area contributed by atoms with E-state index < -0.39 is 5.97 Å². The molecule has 1 aromatic rings. The van der Waals surface area contributed by atoms with Crippen molar-refractivity contribution in [1.29, 1.82) is 0 Å². The van der Waals surface area contributed by atoms with Crippen LogP contribution in [0.15, 0.2) is 6.20 Å². The Morgan fingerprint density at radius 2 is 2.21 bits per heavy atom. The van der Waals surface area contributed by atoms with E-state index in [2.05, 4.69) is 9.97 Å². The highest BCUT2D eigenvalue weighted by atomic mass is 16.4. The van der Waals surface area contributed by atoms with Gasteiger partial charge in [-0.1, -0.05) is 13.8 Å². The highest BCUT2D eigenvalue weighted by Crippen LogP contribution is 2.17. The Balaban J connectivity index is 3.02. The minimum atomic E-state index is -1.02. The van der Waals surface area contributed by atoms with Crippen LogP contribution in [0.2, 0.25) is 0 Å². The van der Waals surface area contributed by atoms with Gasteiger partial charge in [0.05, 0.1) is 18.3 Å². The summed E-state index contributed by atoms with van der Waals surface area (Å²) in [5.74, 6) is -0.535. The SMILES string of the molecule is CC(C)c1ncc(O)c(CC(=O)O)n1. The van der Waals surface area contributed by atoms with Crippen LogP contribution in [0.1, 0.15) is 31.3 Å². The van der Waals surface area contributed by atoms with Gasteiger partial charge in [0.1, 0.15) is 5.82 Å². The van der Waals surface area contributed by atoms with Crippen LogP contribution in [0.3, 0.4) is 0 Å². The number of hydrogen-bond acceptors (Lipinski definition) is 4. The number of aliphatic carboxylic acids is 1. The highest BCUT2D eigenvalue weighted by molar-refractivity contribution is 5.70. The van der Waals surface area contributed by atoms with Gasteiger partial charge < -0.3 is 10.2 Å². The first-order chi connectivity index (χ1) is 6.50. The van der Waals surface area contributed by atoms with Gasteiger partial charge in [0.15, 0.2) is 5.75 Å². The fourth-order valence-corrected chi connectivity index (χ4v) is 0.978. The maximum Gasteiger partial charge on any atom is 0.309 e. The van der Waals surface area contributed by atoms with Crippen LogP contribution in [-0.4, -0.2) is 26.2 Å². The first-order valence-electron chi connectivity index (χ1n) is 4.27. The fourth-order valence-electron chi connectivity index (χ4n) is 0.978. The molecule has 0 aliphatic rings. The van der Waals surface area contributed by atoms with Crippen LogP contribution in [-0.2, 0) is 11.2 Å². The Morgan fingerprint density at radius 1 is 1.57 bits per heavy atom. The van der Waals surface area contributed by atoms with Gasteiger partial charge in [-0.3, -0.25) is 4.79 Å². The first-order valence-corrected chi connectivity index (χ1v) is 4.27. The fraction of sp³-hybridized carbons (Fsp3) is 0.444. The summed E-state index contributed by atoms with van der Waals surface area (Å²) in [6, 6.07) is 0. The van der Waals surface area contributed by atoms with Gasteiger partial charge >= 0.3 is 5.97 Å². The Kier molecular flexibility index (Phi) is 3.01. The van der Waals surface area contributed by atoms with Crippen molar-refractivity contribution in [3.8, 4) is 5.75 Å². The molecule has 0 fully saturated rings. The second-order valence-corrected chi connectivity index (χ2v) is 3.29. The van der Waals surface area contributed by atoms with E-state index >= 15 is 0 Å². The molecule has 2 N–H and O–H groups in total. The lowest BCUT2D eigenvalue weighted by Crippen LogP contribution is -2.06. The van der Waals surface area contributed by atoms with E-state index in [4.69, 9.17) is 5.11 Å². The van der Waals surface area contributed by atoms with Crippen LogP contribution < -0.4 is 0 Å². The van der Waals surface area contributed by atoms with Gasteiger partial charge in [-0.05, 0) is 0 Å². The molecule has 5 nitrogen and oxygen atoms in total. The number of carbonyl (C=O) groups is 1. The smallest absolute Gasteiger partial charge is 0.309 e. The predicted octanol–water partition coefficient (Wildman–Crippen LogP) is 0.933. The normalized spacial score (nSPS) is 10.5. The zero-order valence-corrected chi connectivity index (χ0v) is 8.06. The van der Waals surface area contributed by atoms with Crippen molar-refractivity contribution >= 4 is 5.97 Å². The minimum absolute atomic E-state index is 0.114. The summed E-state index contributed by atoms with van der Waals surface area (Å²) >= 11 is 0. The number of aromatic hydroxyl groups is 1. The lowest BCUT2D eigenvalue weighted by molar-refractivity contribution is -0.136. The van der Waals surface area contributed by atoms with E-state index in [0.717, 1.165) is 0 Å². The zero-order valence-electron chi connectivity index (χ0n) is 8.06. The van der Waals surface area contributed by atoms with Crippen molar-refractivity contribution in [1.82, 2.24) is 9.97 Å². The molecule has 0 unspecified atom stereocenters.